The van der Waals surface area contributed by atoms with Crippen molar-refractivity contribution in [3.8, 4) is 0 Å². The molecule has 1 amide bonds. The summed E-state index contributed by atoms with van der Waals surface area (Å²) in [5.74, 6) is -1.31. The minimum Gasteiger partial charge on any atom is -0.396 e. The van der Waals surface area contributed by atoms with Crippen molar-refractivity contribution in [2.24, 2.45) is 5.73 Å². The van der Waals surface area contributed by atoms with Gasteiger partial charge in [0, 0.05) is 16.6 Å². The number of aryl methyl sites for hydroxylation is 2. The number of nitrogens with one attached hydrogen (secondary N) is 1. The van der Waals surface area contributed by atoms with E-state index < -0.39 is 11.7 Å². The molecule has 0 fully saturated rings. The summed E-state index contributed by atoms with van der Waals surface area (Å²) in [6, 6.07) is 0. The summed E-state index contributed by atoms with van der Waals surface area (Å²) in [5, 5.41) is 0.716. The summed E-state index contributed by atoms with van der Waals surface area (Å²) in [5.41, 5.74) is 13.8. The molecule has 0 aliphatic rings. The van der Waals surface area contributed by atoms with Gasteiger partial charge in [0.15, 0.2) is 5.82 Å². The first-order chi connectivity index (χ1) is 8.77. The van der Waals surface area contributed by atoms with Gasteiger partial charge in [-0.05, 0) is 25.3 Å². The van der Waals surface area contributed by atoms with Crippen LogP contribution in [-0.2, 0) is 0 Å². The first-order valence-electron chi connectivity index (χ1n) is 6.16. The number of carbonyl (C=O) groups excluding carboxylic acids is 1. The van der Waals surface area contributed by atoms with Crippen molar-refractivity contribution in [2.75, 3.05) is 5.73 Å². The first-order valence-corrected chi connectivity index (χ1v) is 6.16. The van der Waals surface area contributed by atoms with Crippen LogP contribution >= 0.6 is 0 Å². The SMILES string of the molecule is Cc1[nH]c2c(C(N)=O)c(N)c(F)c(C(C)C)c2c1C. The van der Waals surface area contributed by atoms with E-state index in [0.29, 0.717) is 16.5 Å². The van der Waals surface area contributed by atoms with Gasteiger partial charge in [-0.2, -0.15) is 0 Å². The molecule has 0 spiro atoms. The number of nitrogen functional groups attached to an aromatic ring is 1. The minimum absolute atomic E-state index is 0.0353. The number of primary amides is 1. The lowest BCUT2D eigenvalue weighted by molar-refractivity contribution is 0.100. The van der Waals surface area contributed by atoms with Gasteiger partial charge in [-0.15, -0.1) is 0 Å². The number of aromatic amines is 1. The molecule has 2 rings (SSSR count). The van der Waals surface area contributed by atoms with E-state index in [1.807, 2.05) is 27.7 Å². The van der Waals surface area contributed by atoms with Crippen LogP contribution < -0.4 is 11.5 Å². The van der Waals surface area contributed by atoms with Gasteiger partial charge in [-0.3, -0.25) is 4.79 Å². The predicted octanol–water partition coefficient (Wildman–Crippen LogP) is 2.73. The molecule has 2 aromatic rings. The number of nitrogens with two attached hydrogens (primary N) is 2. The number of hydrogen-bond donors (Lipinski definition) is 3. The smallest absolute Gasteiger partial charge is 0.253 e. The number of hydrogen-bond acceptors (Lipinski definition) is 2. The molecule has 0 aliphatic carbocycles. The Balaban J connectivity index is 3.10. The summed E-state index contributed by atoms with van der Waals surface area (Å²) in [7, 11) is 0. The number of halogens is 1. The van der Waals surface area contributed by atoms with Crippen molar-refractivity contribution in [1.29, 1.82) is 0 Å². The highest BCUT2D eigenvalue weighted by molar-refractivity contribution is 6.11. The lowest BCUT2D eigenvalue weighted by Crippen LogP contribution is -2.16. The monoisotopic (exact) mass is 263 g/mol. The average molecular weight is 263 g/mol. The van der Waals surface area contributed by atoms with E-state index in [1.165, 1.54) is 0 Å². The van der Waals surface area contributed by atoms with Crippen LogP contribution in [0.5, 0.6) is 0 Å². The third-order valence-corrected chi connectivity index (χ3v) is 3.59. The molecule has 0 aliphatic heterocycles. The fourth-order valence-corrected chi connectivity index (χ4v) is 2.54. The molecule has 1 aromatic carbocycles. The summed E-state index contributed by atoms with van der Waals surface area (Å²) in [4.78, 5) is 14.6. The van der Waals surface area contributed by atoms with Crippen LogP contribution in [0.3, 0.4) is 0 Å². The fourth-order valence-electron chi connectivity index (χ4n) is 2.54. The molecule has 4 nitrogen and oxygen atoms in total. The molecular formula is C14H18FN3O. The van der Waals surface area contributed by atoms with E-state index in [0.717, 1.165) is 11.3 Å². The highest BCUT2D eigenvalue weighted by Crippen LogP contribution is 2.37. The Hall–Kier alpha value is -2.04. The number of anilines is 1. The molecule has 0 saturated carbocycles. The Morgan fingerprint density at radius 2 is 1.89 bits per heavy atom. The van der Waals surface area contributed by atoms with Gasteiger partial charge in [0.25, 0.3) is 5.91 Å². The number of amides is 1. The van der Waals surface area contributed by atoms with E-state index in [9.17, 15) is 9.18 Å². The molecule has 19 heavy (non-hydrogen) atoms. The van der Waals surface area contributed by atoms with Gasteiger partial charge in [-0.25, -0.2) is 4.39 Å². The summed E-state index contributed by atoms with van der Waals surface area (Å²) in [6.45, 7) is 7.55. The van der Waals surface area contributed by atoms with Gasteiger partial charge in [-0.1, -0.05) is 13.8 Å². The number of aromatic nitrogens is 1. The quantitative estimate of drug-likeness (QED) is 0.728. The minimum atomic E-state index is -0.724. The van der Waals surface area contributed by atoms with Gasteiger partial charge in [0.05, 0.1) is 16.8 Å². The number of carbonyl (C=O) groups is 1. The van der Waals surface area contributed by atoms with Crippen LogP contribution in [0, 0.1) is 19.7 Å². The van der Waals surface area contributed by atoms with Crippen molar-refractivity contribution in [3.63, 3.8) is 0 Å². The maximum atomic E-state index is 14.4. The third-order valence-electron chi connectivity index (χ3n) is 3.59. The second-order valence-corrected chi connectivity index (χ2v) is 5.16. The van der Waals surface area contributed by atoms with Crippen LogP contribution in [-0.4, -0.2) is 10.9 Å². The molecule has 0 atom stereocenters. The average Bonchev–Trinajstić information content (AvgIpc) is 2.56. The normalized spacial score (nSPS) is 11.5. The van der Waals surface area contributed by atoms with Crippen molar-refractivity contribution in [2.45, 2.75) is 33.6 Å². The Labute approximate surface area is 111 Å². The third kappa shape index (κ3) is 1.77. The van der Waals surface area contributed by atoms with Crippen LogP contribution in [0.25, 0.3) is 10.9 Å². The van der Waals surface area contributed by atoms with Crippen molar-refractivity contribution >= 4 is 22.5 Å². The zero-order chi connectivity index (χ0) is 14.5. The highest BCUT2D eigenvalue weighted by atomic mass is 19.1. The van der Waals surface area contributed by atoms with E-state index in [4.69, 9.17) is 11.5 Å². The van der Waals surface area contributed by atoms with Crippen LogP contribution in [0.15, 0.2) is 0 Å². The number of H-pyrrole nitrogens is 1. The fraction of sp³-hybridized carbons (Fsp3) is 0.357. The van der Waals surface area contributed by atoms with Gasteiger partial charge in [0.2, 0.25) is 0 Å². The standard InChI is InChI=1S/C14H18FN3O/c1-5(2)8-9-6(3)7(4)18-13(9)10(14(17)19)12(16)11(8)15/h5,18H,16H2,1-4H3,(H2,17,19). The summed E-state index contributed by atoms with van der Waals surface area (Å²) >= 11 is 0. The van der Waals surface area contributed by atoms with Crippen molar-refractivity contribution < 1.29 is 9.18 Å². The van der Waals surface area contributed by atoms with E-state index in [-0.39, 0.29) is 17.2 Å². The lowest BCUT2D eigenvalue weighted by Gasteiger charge is -2.15. The van der Waals surface area contributed by atoms with Crippen molar-refractivity contribution in [3.05, 3.63) is 28.2 Å². The molecule has 1 heterocycles. The van der Waals surface area contributed by atoms with Gasteiger partial charge < -0.3 is 16.5 Å². The maximum Gasteiger partial charge on any atom is 0.253 e. The molecule has 1 aromatic heterocycles. The molecule has 5 heteroatoms. The van der Waals surface area contributed by atoms with E-state index in [1.54, 1.807) is 0 Å². The number of benzene rings is 1. The summed E-state index contributed by atoms with van der Waals surface area (Å²) in [6.07, 6.45) is 0. The molecule has 5 N–H and O–H groups in total. The topological polar surface area (TPSA) is 84.9 Å². The van der Waals surface area contributed by atoms with Gasteiger partial charge >= 0.3 is 0 Å². The Morgan fingerprint density at radius 1 is 1.32 bits per heavy atom. The van der Waals surface area contributed by atoms with Crippen molar-refractivity contribution in [1.82, 2.24) is 4.98 Å². The van der Waals surface area contributed by atoms with Crippen LogP contribution in [0.1, 0.15) is 46.9 Å². The zero-order valence-electron chi connectivity index (χ0n) is 11.5. The molecular weight excluding hydrogens is 245 g/mol. The first kappa shape index (κ1) is 13.4. The number of rotatable bonds is 2. The number of fused-ring (bicyclic) bond motifs is 1. The van der Waals surface area contributed by atoms with E-state index >= 15 is 0 Å². The highest BCUT2D eigenvalue weighted by Gasteiger charge is 2.25. The molecule has 0 saturated heterocycles. The Morgan fingerprint density at radius 3 is 2.37 bits per heavy atom. The maximum absolute atomic E-state index is 14.4. The Bertz CT molecular complexity index is 686. The molecule has 102 valence electrons. The molecule has 0 radical (unpaired) electrons. The van der Waals surface area contributed by atoms with E-state index in [2.05, 4.69) is 4.98 Å². The largest absolute Gasteiger partial charge is 0.396 e. The van der Waals surface area contributed by atoms with Gasteiger partial charge in [0.1, 0.15) is 0 Å². The zero-order valence-corrected chi connectivity index (χ0v) is 11.5. The lowest BCUT2D eigenvalue weighted by atomic mass is 9.92. The predicted molar refractivity (Wildman–Crippen MR) is 74.8 cm³/mol. The van der Waals surface area contributed by atoms with Crippen LogP contribution in [0.2, 0.25) is 0 Å². The molecule has 0 bridgehead atoms. The summed E-state index contributed by atoms with van der Waals surface area (Å²) < 4.78 is 14.4. The van der Waals surface area contributed by atoms with Crippen LogP contribution in [0.4, 0.5) is 10.1 Å². The Kier molecular flexibility index (Phi) is 3.00. The molecule has 0 unspecified atom stereocenters. The second kappa shape index (κ2) is 4.26. The second-order valence-electron chi connectivity index (χ2n) is 5.16.